The van der Waals surface area contributed by atoms with Gasteiger partial charge in [-0.2, -0.15) is 0 Å². The summed E-state index contributed by atoms with van der Waals surface area (Å²) in [5.74, 6) is 0.547. The van der Waals surface area contributed by atoms with Crippen LogP contribution in [0, 0.1) is 20.8 Å². The van der Waals surface area contributed by atoms with E-state index in [1.807, 2.05) is 36.5 Å². The third kappa shape index (κ3) is 6.91. The SMILES string of the molecule is CCn1c(-c2ccncc2-c2ccc(CC(C)n3c(-c4ccccc4-c4ccc(C)cc4C)nc4cc(S(C)(=O)=O)ccc43)cc2C)nc2cc(C(=O)O)ccc21. The minimum absolute atomic E-state index is 0.0550. The molecule has 57 heavy (non-hydrogen) atoms. The molecule has 0 fully saturated rings. The van der Waals surface area contributed by atoms with E-state index in [4.69, 9.17) is 9.97 Å². The van der Waals surface area contributed by atoms with Gasteiger partial charge >= 0.3 is 5.97 Å². The Morgan fingerprint density at radius 2 is 1.39 bits per heavy atom. The van der Waals surface area contributed by atoms with E-state index in [1.54, 1.807) is 30.5 Å². The van der Waals surface area contributed by atoms with Gasteiger partial charge in [-0.25, -0.2) is 23.2 Å². The summed E-state index contributed by atoms with van der Waals surface area (Å²) in [5.41, 5.74) is 13.8. The molecule has 9 nitrogen and oxygen atoms in total. The Balaban J connectivity index is 1.20. The average molecular weight is 774 g/mol. The summed E-state index contributed by atoms with van der Waals surface area (Å²) >= 11 is 0. The molecule has 0 aliphatic heterocycles. The number of carboxylic acids is 1. The standard InChI is InChI=1S/C47H43N5O4S/c1-7-51-43-18-14-33(47(53)54)25-41(43)49-45(51)39-20-21-48-27-40(39)36-17-13-32(23-30(36)4)24-31(5)52-44-19-15-34(57(6,55)56)26-42(44)50-46(52)38-11-9-8-10-37(38)35-16-12-28(2)22-29(35)3/h8-23,25-27,31H,7,24H2,1-6H3,(H,53,54). The van der Waals surface area contributed by atoms with E-state index in [0.29, 0.717) is 24.0 Å². The quantitative estimate of drug-likeness (QED) is 0.147. The maximum atomic E-state index is 12.6. The number of fused-ring (bicyclic) bond motifs is 2. The minimum atomic E-state index is -3.44. The molecule has 1 N–H and O–H groups in total. The van der Waals surface area contributed by atoms with Gasteiger partial charge < -0.3 is 14.2 Å². The minimum Gasteiger partial charge on any atom is -0.478 e. The van der Waals surface area contributed by atoms with E-state index in [0.717, 1.165) is 67.2 Å². The molecule has 0 amide bonds. The number of hydrogen-bond acceptors (Lipinski definition) is 6. The van der Waals surface area contributed by atoms with Crippen LogP contribution in [0.15, 0.2) is 120 Å². The van der Waals surface area contributed by atoms with Crippen molar-refractivity contribution >= 4 is 37.9 Å². The maximum Gasteiger partial charge on any atom is 0.335 e. The number of aromatic carboxylic acids is 1. The monoisotopic (exact) mass is 773 g/mol. The smallest absolute Gasteiger partial charge is 0.335 e. The fourth-order valence-corrected chi connectivity index (χ4v) is 8.80. The van der Waals surface area contributed by atoms with Crippen LogP contribution in [0.25, 0.3) is 67.1 Å². The van der Waals surface area contributed by atoms with E-state index in [9.17, 15) is 18.3 Å². The highest BCUT2D eigenvalue weighted by Gasteiger charge is 2.23. The zero-order chi connectivity index (χ0) is 40.2. The number of benzene rings is 5. The number of aryl methyl sites for hydroxylation is 4. The van der Waals surface area contributed by atoms with Crippen LogP contribution in [-0.4, -0.2) is 49.8 Å². The summed E-state index contributed by atoms with van der Waals surface area (Å²) in [7, 11) is -3.44. The van der Waals surface area contributed by atoms with Crippen LogP contribution in [0.4, 0.5) is 0 Å². The number of carboxylic acid groups (broad SMARTS) is 1. The predicted molar refractivity (Wildman–Crippen MR) is 227 cm³/mol. The first-order valence-electron chi connectivity index (χ1n) is 19.0. The lowest BCUT2D eigenvalue weighted by Gasteiger charge is -2.21. The fraction of sp³-hybridized carbons (Fsp3) is 0.191. The Kier molecular flexibility index (Phi) is 9.61. The second-order valence-corrected chi connectivity index (χ2v) is 16.9. The molecule has 0 bridgehead atoms. The van der Waals surface area contributed by atoms with Crippen molar-refractivity contribution < 1.29 is 18.3 Å². The summed E-state index contributed by atoms with van der Waals surface area (Å²) in [6.07, 6.45) is 5.54. The third-order valence-corrected chi connectivity index (χ3v) is 12.0. The number of sulfone groups is 1. The van der Waals surface area contributed by atoms with E-state index in [-0.39, 0.29) is 16.5 Å². The average Bonchev–Trinajstić information content (AvgIpc) is 3.76. The Morgan fingerprint density at radius 3 is 2.11 bits per heavy atom. The summed E-state index contributed by atoms with van der Waals surface area (Å²) in [6, 6.07) is 33.5. The number of pyridine rings is 1. The number of hydrogen-bond donors (Lipinski definition) is 1. The van der Waals surface area contributed by atoms with Crippen molar-refractivity contribution in [3.63, 3.8) is 0 Å². The van der Waals surface area contributed by atoms with Crippen molar-refractivity contribution in [1.82, 2.24) is 24.1 Å². The molecule has 0 spiro atoms. The van der Waals surface area contributed by atoms with Gasteiger partial charge in [-0.3, -0.25) is 4.98 Å². The molecule has 1 atom stereocenters. The molecule has 0 aliphatic carbocycles. The largest absolute Gasteiger partial charge is 0.478 e. The third-order valence-electron chi connectivity index (χ3n) is 10.9. The molecular formula is C47H43N5O4S. The summed E-state index contributed by atoms with van der Waals surface area (Å²) in [5, 5.41) is 9.60. The lowest BCUT2D eigenvalue weighted by Crippen LogP contribution is -2.11. The molecular weight excluding hydrogens is 731 g/mol. The van der Waals surface area contributed by atoms with Crippen molar-refractivity contribution in [1.29, 1.82) is 0 Å². The van der Waals surface area contributed by atoms with Gasteiger partial charge in [-0.05, 0) is 117 Å². The lowest BCUT2D eigenvalue weighted by atomic mass is 9.93. The Hall–Kier alpha value is -6.39. The molecule has 0 saturated heterocycles. The van der Waals surface area contributed by atoms with Crippen molar-refractivity contribution in [3.8, 4) is 45.0 Å². The van der Waals surface area contributed by atoms with Crippen LogP contribution in [0.1, 0.15) is 52.5 Å². The van der Waals surface area contributed by atoms with Crippen molar-refractivity contribution in [2.45, 2.75) is 58.5 Å². The Labute approximate surface area is 332 Å². The Bertz CT molecular complexity index is 3000. The van der Waals surface area contributed by atoms with Crippen LogP contribution in [0.5, 0.6) is 0 Å². The highest BCUT2D eigenvalue weighted by molar-refractivity contribution is 7.90. The first-order valence-corrected chi connectivity index (χ1v) is 20.9. The van der Waals surface area contributed by atoms with Crippen LogP contribution < -0.4 is 0 Å². The van der Waals surface area contributed by atoms with Gasteiger partial charge in [-0.15, -0.1) is 0 Å². The first-order chi connectivity index (χ1) is 27.3. The summed E-state index contributed by atoms with van der Waals surface area (Å²) < 4.78 is 29.6. The molecule has 5 aromatic carbocycles. The molecule has 0 saturated carbocycles. The van der Waals surface area contributed by atoms with Crippen LogP contribution in [0.3, 0.4) is 0 Å². The van der Waals surface area contributed by atoms with Gasteiger partial charge in [0.05, 0.1) is 32.5 Å². The highest BCUT2D eigenvalue weighted by atomic mass is 32.2. The molecule has 0 radical (unpaired) electrons. The lowest BCUT2D eigenvalue weighted by molar-refractivity contribution is 0.0697. The van der Waals surface area contributed by atoms with Gasteiger partial charge in [-0.1, -0.05) is 66.2 Å². The molecule has 3 aromatic heterocycles. The number of imidazole rings is 2. The maximum absolute atomic E-state index is 12.6. The molecule has 0 aliphatic rings. The first kappa shape index (κ1) is 37.5. The van der Waals surface area contributed by atoms with Gasteiger partial charge in [0, 0.05) is 47.9 Å². The number of nitrogens with zero attached hydrogens (tertiary/aromatic N) is 5. The predicted octanol–water partition coefficient (Wildman–Crippen LogP) is 10.3. The topological polar surface area (TPSA) is 120 Å². The molecule has 1 unspecified atom stereocenters. The van der Waals surface area contributed by atoms with E-state index in [1.165, 1.54) is 17.4 Å². The molecule has 3 heterocycles. The molecule has 10 heteroatoms. The van der Waals surface area contributed by atoms with Crippen molar-refractivity contribution in [3.05, 3.63) is 143 Å². The van der Waals surface area contributed by atoms with Crippen molar-refractivity contribution in [2.24, 2.45) is 0 Å². The summed E-state index contributed by atoms with van der Waals surface area (Å²) in [6.45, 7) is 11.2. The zero-order valence-electron chi connectivity index (χ0n) is 32.8. The number of carbonyl (C=O) groups is 1. The molecule has 8 rings (SSSR count). The van der Waals surface area contributed by atoms with E-state index < -0.39 is 15.8 Å². The van der Waals surface area contributed by atoms with Crippen molar-refractivity contribution in [2.75, 3.05) is 6.26 Å². The fourth-order valence-electron chi connectivity index (χ4n) is 8.15. The van der Waals surface area contributed by atoms with E-state index in [2.05, 4.69) is 97.3 Å². The van der Waals surface area contributed by atoms with E-state index >= 15 is 0 Å². The second-order valence-electron chi connectivity index (χ2n) is 14.9. The van der Waals surface area contributed by atoms with Gasteiger partial charge in [0.15, 0.2) is 9.84 Å². The number of rotatable bonds is 10. The second kappa shape index (κ2) is 14.6. The van der Waals surface area contributed by atoms with Gasteiger partial charge in [0.1, 0.15) is 11.6 Å². The normalized spacial score (nSPS) is 12.4. The Morgan fingerprint density at radius 1 is 0.719 bits per heavy atom. The van der Waals surface area contributed by atoms with Crippen LogP contribution in [0.2, 0.25) is 0 Å². The molecule has 8 aromatic rings. The number of aromatic nitrogens is 5. The van der Waals surface area contributed by atoms with Gasteiger partial charge in [0.2, 0.25) is 0 Å². The van der Waals surface area contributed by atoms with Gasteiger partial charge in [0.25, 0.3) is 0 Å². The zero-order valence-corrected chi connectivity index (χ0v) is 33.6. The van der Waals surface area contributed by atoms with Crippen LogP contribution >= 0.6 is 0 Å². The summed E-state index contributed by atoms with van der Waals surface area (Å²) in [4.78, 5) is 26.6. The van der Waals surface area contributed by atoms with Crippen LogP contribution in [-0.2, 0) is 22.8 Å². The highest BCUT2D eigenvalue weighted by Crippen LogP contribution is 2.39. The molecule has 286 valence electrons.